The van der Waals surface area contributed by atoms with Gasteiger partial charge in [-0.05, 0) is 46.4 Å². The van der Waals surface area contributed by atoms with Crippen molar-refractivity contribution < 1.29 is 19.5 Å². The molecule has 1 aromatic heterocycles. The lowest BCUT2D eigenvalue weighted by molar-refractivity contribution is -0.140. The van der Waals surface area contributed by atoms with E-state index in [-0.39, 0.29) is 4.91 Å². The molecule has 1 atom stereocenters. The third-order valence-corrected chi connectivity index (χ3v) is 6.71. The van der Waals surface area contributed by atoms with Gasteiger partial charge >= 0.3 is 5.97 Å². The van der Waals surface area contributed by atoms with Crippen LogP contribution in [0.1, 0.15) is 0 Å². The predicted octanol–water partition coefficient (Wildman–Crippen LogP) is 3.00. The maximum Gasteiger partial charge on any atom is 0.323 e. The summed E-state index contributed by atoms with van der Waals surface area (Å²) in [6, 6.07) is 7.71. The first-order chi connectivity index (χ1) is 12.5. The molecule has 1 aromatic carbocycles. The Labute approximate surface area is 154 Å². The standard InChI is InChI=1S/C17H13N3O4S2/c21-14(22)9-20-15(23)13(25-17(20)24)8-10-4-3-7-26(10)16-18-11-5-1-2-6-12(11)19-16/h1-8,26H,9H2,(H,18,19)(H,21,22)/b13-8-. The van der Waals surface area contributed by atoms with Crippen molar-refractivity contribution in [2.24, 2.45) is 0 Å². The van der Waals surface area contributed by atoms with E-state index >= 15 is 0 Å². The van der Waals surface area contributed by atoms with E-state index in [1.807, 2.05) is 41.8 Å². The number of H-pyrrole nitrogens is 1. The number of thiol groups is 1. The van der Waals surface area contributed by atoms with Gasteiger partial charge in [-0.2, -0.15) is 0 Å². The summed E-state index contributed by atoms with van der Waals surface area (Å²) in [7, 11) is -0.905. The molecule has 0 spiro atoms. The highest BCUT2D eigenvalue weighted by molar-refractivity contribution is 8.23. The number of rotatable bonds is 4. The molecule has 0 aliphatic carbocycles. The van der Waals surface area contributed by atoms with Gasteiger partial charge in [0.05, 0.1) is 15.9 Å². The van der Waals surface area contributed by atoms with E-state index < -0.39 is 34.6 Å². The molecule has 2 aromatic rings. The van der Waals surface area contributed by atoms with Gasteiger partial charge < -0.3 is 10.1 Å². The lowest BCUT2D eigenvalue weighted by atomic mass is 10.3. The first-order valence-corrected chi connectivity index (χ1v) is 9.85. The fraction of sp³-hybridized carbons (Fsp3) is 0.0588. The zero-order chi connectivity index (χ0) is 18.3. The first-order valence-electron chi connectivity index (χ1n) is 7.62. The largest absolute Gasteiger partial charge is 0.480 e. The third-order valence-electron chi connectivity index (χ3n) is 3.83. The lowest BCUT2D eigenvalue weighted by Crippen LogP contribution is -2.33. The predicted molar refractivity (Wildman–Crippen MR) is 101 cm³/mol. The average Bonchev–Trinajstić information content (AvgIpc) is 3.29. The highest BCUT2D eigenvalue weighted by atomic mass is 32.2. The molecule has 132 valence electrons. The minimum atomic E-state index is -1.22. The summed E-state index contributed by atoms with van der Waals surface area (Å²) in [6.07, 6.45) is 5.43. The van der Waals surface area contributed by atoms with Gasteiger partial charge in [-0.1, -0.05) is 18.2 Å². The van der Waals surface area contributed by atoms with Gasteiger partial charge in [-0.3, -0.25) is 19.3 Å². The Hall–Kier alpha value is -2.78. The van der Waals surface area contributed by atoms with Gasteiger partial charge in [0.1, 0.15) is 6.54 Å². The molecule has 4 rings (SSSR count). The number of carboxylic acid groups (broad SMARTS) is 1. The van der Waals surface area contributed by atoms with Crippen molar-refractivity contribution in [1.82, 2.24) is 14.9 Å². The van der Waals surface area contributed by atoms with Gasteiger partial charge in [0.25, 0.3) is 11.1 Å². The number of hydrogen-bond donors (Lipinski definition) is 3. The Morgan fingerprint density at radius 2 is 2.15 bits per heavy atom. The molecule has 1 saturated heterocycles. The molecule has 1 unspecified atom stereocenters. The number of aliphatic carboxylic acids is 1. The second kappa shape index (κ2) is 6.50. The Morgan fingerprint density at radius 1 is 1.35 bits per heavy atom. The molecule has 0 saturated carbocycles. The van der Waals surface area contributed by atoms with Gasteiger partial charge in [0, 0.05) is 0 Å². The van der Waals surface area contributed by atoms with Crippen LogP contribution in [0, 0.1) is 0 Å². The molecule has 2 aliphatic rings. The second-order valence-corrected chi connectivity index (χ2v) is 8.51. The number of imide groups is 1. The van der Waals surface area contributed by atoms with Crippen molar-refractivity contribution in [3.05, 3.63) is 57.7 Å². The van der Waals surface area contributed by atoms with Crippen LogP contribution in [-0.4, -0.2) is 43.6 Å². The van der Waals surface area contributed by atoms with Crippen molar-refractivity contribution in [2.75, 3.05) is 6.54 Å². The molecule has 1 fully saturated rings. The van der Waals surface area contributed by atoms with Crippen LogP contribution in [0.4, 0.5) is 4.79 Å². The molecule has 2 N–H and O–H groups in total. The van der Waals surface area contributed by atoms with Crippen molar-refractivity contribution in [2.45, 2.75) is 5.16 Å². The van der Waals surface area contributed by atoms with E-state index in [1.165, 1.54) is 0 Å². The number of carbonyl (C=O) groups excluding carboxylic acids is 2. The molecule has 2 aliphatic heterocycles. The van der Waals surface area contributed by atoms with Crippen LogP contribution in [-0.2, 0) is 9.59 Å². The summed E-state index contributed by atoms with van der Waals surface area (Å²) < 4.78 is 0. The van der Waals surface area contributed by atoms with Gasteiger partial charge in [0.15, 0.2) is 5.16 Å². The number of benzene rings is 1. The Morgan fingerprint density at radius 3 is 2.92 bits per heavy atom. The molecule has 0 bridgehead atoms. The number of nitrogens with zero attached hydrogens (tertiary/aromatic N) is 2. The third kappa shape index (κ3) is 2.95. The van der Waals surface area contributed by atoms with Crippen LogP contribution in [0.2, 0.25) is 0 Å². The molecule has 3 heterocycles. The molecule has 0 radical (unpaired) electrons. The summed E-state index contributed by atoms with van der Waals surface area (Å²) in [5.41, 5.74) is 1.80. The number of thioether (sulfide) groups is 1. The number of hydrogen-bond acceptors (Lipinski definition) is 5. The highest BCUT2D eigenvalue weighted by Crippen LogP contribution is 2.49. The monoisotopic (exact) mass is 387 g/mol. The number of carboxylic acids is 1. The molecular weight excluding hydrogens is 374 g/mol. The van der Waals surface area contributed by atoms with E-state index in [2.05, 4.69) is 9.97 Å². The maximum absolute atomic E-state index is 12.3. The fourth-order valence-electron chi connectivity index (χ4n) is 2.66. The number of fused-ring (bicyclic) bond motifs is 1. The van der Waals surface area contributed by atoms with E-state index in [4.69, 9.17) is 5.11 Å². The average molecular weight is 387 g/mol. The van der Waals surface area contributed by atoms with Crippen molar-refractivity contribution >= 4 is 50.8 Å². The van der Waals surface area contributed by atoms with Crippen molar-refractivity contribution in [3.63, 3.8) is 0 Å². The van der Waals surface area contributed by atoms with Crippen LogP contribution in [0.25, 0.3) is 11.0 Å². The van der Waals surface area contributed by atoms with E-state index in [1.54, 1.807) is 6.08 Å². The van der Waals surface area contributed by atoms with E-state index in [0.29, 0.717) is 0 Å². The summed E-state index contributed by atoms with van der Waals surface area (Å²) in [5, 5.41) is 11.1. The van der Waals surface area contributed by atoms with Crippen molar-refractivity contribution in [1.29, 1.82) is 0 Å². The molecule has 9 heteroatoms. The van der Waals surface area contributed by atoms with Crippen LogP contribution in [0.3, 0.4) is 0 Å². The van der Waals surface area contributed by atoms with Crippen molar-refractivity contribution in [3.8, 4) is 0 Å². The number of nitrogens with one attached hydrogen (secondary N) is 1. The minimum absolute atomic E-state index is 0.231. The number of allylic oxidation sites excluding steroid dienone is 3. The van der Waals surface area contributed by atoms with Gasteiger partial charge in [0.2, 0.25) is 0 Å². The summed E-state index contributed by atoms with van der Waals surface area (Å²) in [4.78, 5) is 44.8. The van der Waals surface area contributed by atoms with Crippen LogP contribution in [0.5, 0.6) is 0 Å². The highest BCUT2D eigenvalue weighted by Gasteiger charge is 2.36. The number of carbonyl (C=O) groups is 3. The van der Waals surface area contributed by atoms with Gasteiger partial charge in [-0.25, -0.2) is 4.98 Å². The van der Waals surface area contributed by atoms with Crippen LogP contribution < -0.4 is 0 Å². The Bertz CT molecular complexity index is 1000. The van der Waals surface area contributed by atoms with Crippen LogP contribution >= 0.6 is 22.7 Å². The molecule has 2 amide bonds. The van der Waals surface area contributed by atoms with Crippen LogP contribution in [0.15, 0.2) is 62.9 Å². The maximum atomic E-state index is 12.3. The fourth-order valence-corrected chi connectivity index (χ4v) is 5.37. The lowest BCUT2D eigenvalue weighted by Gasteiger charge is -2.12. The summed E-state index contributed by atoms with van der Waals surface area (Å²) >= 11 is 0.759. The van der Waals surface area contributed by atoms with E-state index in [9.17, 15) is 14.4 Å². The molecular formula is C17H13N3O4S2. The number of amides is 2. The normalized spacial score (nSPS) is 22.6. The SMILES string of the molecule is O=C(O)CN1C(=O)S/C(=C\C2=CC=C[SH]2c2nc3ccccc3[nH]2)C1=O. The molecule has 7 nitrogen and oxygen atoms in total. The number of aromatic amines is 1. The topological polar surface area (TPSA) is 103 Å². The number of aromatic nitrogens is 2. The Kier molecular flexibility index (Phi) is 4.17. The minimum Gasteiger partial charge on any atom is -0.480 e. The smallest absolute Gasteiger partial charge is 0.323 e. The van der Waals surface area contributed by atoms with E-state index in [0.717, 1.165) is 37.8 Å². The first kappa shape index (κ1) is 16.7. The molecule has 26 heavy (non-hydrogen) atoms. The number of para-hydroxylation sites is 2. The zero-order valence-corrected chi connectivity index (χ0v) is 15.0. The summed E-state index contributed by atoms with van der Waals surface area (Å²) in [5.74, 6) is -1.80. The Balaban J connectivity index is 1.61. The summed E-state index contributed by atoms with van der Waals surface area (Å²) in [6.45, 7) is -0.627. The number of imidazole rings is 1. The quantitative estimate of drug-likeness (QED) is 0.550. The zero-order valence-electron chi connectivity index (χ0n) is 13.2. The van der Waals surface area contributed by atoms with Gasteiger partial charge in [-0.15, -0.1) is 10.9 Å². The second-order valence-electron chi connectivity index (χ2n) is 5.54.